The summed E-state index contributed by atoms with van der Waals surface area (Å²) in [6.45, 7) is 4.25. The highest BCUT2D eigenvalue weighted by molar-refractivity contribution is 5.77. The zero-order chi connectivity index (χ0) is 20.1. The van der Waals surface area contributed by atoms with Gasteiger partial charge in [-0.3, -0.25) is 9.48 Å². The van der Waals surface area contributed by atoms with Crippen molar-refractivity contribution in [3.8, 4) is 0 Å². The van der Waals surface area contributed by atoms with E-state index < -0.39 is 11.9 Å². The minimum atomic E-state index is -4.52. The van der Waals surface area contributed by atoms with Gasteiger partial charge in [-0.25, -0.2) is 0 Å². The van der Waals surface area contributed by atoms with Crippen LogP contribution >= 0.6 is 0 Å². The van der Waals surface area contributed by atoms with Crippen LogP contribution in [-0.2, 0) is 17.5 Å². The largest absolute Gasteiger partial charge is 0.433 e. The number of nitrogens with zero attached hydrogens (tertiary/aromatic N) is 3. The average Bonchev–Trinajstić information content (AvgIpc) is 3.26. The molecule has 1 aliphatic carbocycles. The molecule has 150 valence electrons. The third kappa shape index (κ3) is 3.66. The molecule has 0 bridgehead atoms. The number of hydrogen-bond acceptors (Lipinski definition) is 2. The first kappa shape index (κ1) is 19.0. The number of aromatic nitrogens is 2. The second-order valence-electron chi connectivity index (χ2n) is 8.10. The van der Waals surface area contributed by atoms with E-state index in [0.29, 0.717) is 12.2 Å². The number of likely N-dealkylation sites (tertiary alicyclic amines) is 1. The van der Waals surface area contributed by atoms with Crippen molar-refractivity contribution >= 4 is 5.91 Å². The topological polar surface area (TPSA) is 38.1 Å². The van der Waals surface area contributed by atoms with Crippen molar-refractivity contribution in [1.82, 2.24) is 14.7 Å². The second kappa shape index (κ2) is 6.94. The summed E-state index contributed by atoms with van der Waals surface area (Å²) in [5.41, 5.74) is 1.75. The summed E-state index contributed by atoms with van der Waals surface area (Å²) in [5, 5.41) is 4.13. The van der Waals surface area contributed by atoms with Crippen molar-refractivity contribution in [1.29, 1.82) is 0 Å². The van der Waals surface area contributed by atoms with Crippen LogP contribution in [-0.4, -0.2) is 27.1 Å². The minimum absolute atomic E-state index is 0.101. The summed E-state index contributed by atoms with van der Waals surface area (Å²) in [7, 11) is 0. The average molecular weight is 391 g/mol. The van der Waals surface area contributed by atoms with E-state index in [4.69, 9.17) is 0 Å². The molecule has 2 atom stereocenters. The summed E-state index contributed by atoms with van der Waals surface area (Å²) in [6, 6.07) is 8.98. The van der Waals surface area contributed by atoms with Crippen LogP contribution in [0.2, 0.25) is 0 Å². The fraction of sp³-hybridized carbons (Fsp3) is 0.524. The van der Waals surface area contributed by atoms with Crippen LogP contribution in [0, 0.1) is 12.8 Å². The third-order valence-electron chi connectivity index (χ3n) is 5.77. The lowest BCUT2D eigenvalue weighted by Gasteiger charge is -2.28. The Kier molecular flexibility index (Phi) is 4.71. The zero-order valence-electron chi connectivity index (χ0n) is 16.0. The maximum Gasteiger partial charge on any atom is 0.433 e. The molecule has 2 aliphatic rings. The summed E-state index contributed by atoms with van der Waals surface area (Å²) >= 11 is 0. The Morgan fingerprint density at radius 3 is 2.61 bits per heavy atom. The van der Waals surface area contributed by atoms with Gasteiger partial charge in [0.1, 0.15) is 12.2 Å². The molecule has 28 heavy (non-hydrogen) atoms. The van der Waals surface area contributed by atoms with Crippen LogP contribution in [0.3, 0.4) is 0 Å². The lowest BCUT2D eigenvalue weighted by atomic mass is 9.94. The molecule has 1 saturated carbocycles. The van der Waals surface area contributed by atoms with Gasteiger partial charge in [0.05, 0.1) is 11.7 Å². The first-order valence-electron chi connectivity index (χ1n) is 9.75. The third-order valence-corrected chi connectivity index (χ3v) is 5.77. The molecule has 4 rings (SSSR count). The summed E-state index contributed by atoms with van der Waals surface area (Å²) in [4.78, 5) is 14.7. The molecule has 2 unspecified atom stereocenters. The van der Waals surface area contributed by atoms with Crippen LogP contribution in [0.15, 0.2) is 30.3 Å². The molecule has 1 aromatic carbocycles. The van der Waals surface area contributed by atoms with Crippen LogP contribution in [0.25, 0.3) is 0 Å². The van der Waals surface area contributed by atoms with Gasteiger partial charge >= 0.3 is 6.18 Å². The van der Waals surface area contributed by atoms with Gasteiger partial charge in [-0.1, -0.05) is 36.8 Å². The maximum atomic E-state index is 13.4. The Balaban J connectivity index is 1.59. The second-order valence-corrected chi connectivity index (χ2v) is 8.10. The summed E-state index contributed by atoms with van der Waals surface area (Å²) in [5.74, 6) is 0.0450. The van der Waals surface area contributed by atoms with Crippen LogP contribution in [0.1, 0.15) is 60.7 Å². The first-order chi connectivity index (χ1) is 13.2. The van der Waals surface area contributed by atoms with Crippen molar-refractivity contribution in [3.63, 3.8) is 0 Å². The van der Waals surface area contributed by atoms with E-state index in [2.05, 4.69) is 12.0 Å². The Bertz CT molecular complexity index is 885. The molecule has 1 aromatic heterocycles. The lowest BCUT2D eigenvalue weighted by molar-refractivity contribution is -0.146. The van der Waals surface area contributed by atoms with Gasteiger partial charge in [-0.05, 0) is 43.7 Å². The number of rotatable bonds is 4. The van der Waals surface area contributed by atoms with Crippen LogP contribution in [0.4, 0.5) is 13.2 Å². The fourth-order valence-electron chi connectivity index (χ4n) is 4.17. The fourth-order valence-corrected chi connectivity index (χ4v) is 4.17. The molecule has 2 heterocycles. The van der Waals surface area contributed by atoms with Gasteiger partial charge in [0.15, 0.2) is 0 Å². The molecule has 0 spiro atoms. The molecule has 1 saturated heterocycles. The van der Waals surface area contributed by atoms with Gasteiger partial charge < -0.3 is 4.90 Å². The Morgan fingerprint density at radius 2 is 1.96 bits per heavy atom. The lowest BCUT2D eigenvalue weighted by Crippen LogP contribution is -2.35. The molecule has 1 amide bonds. The SMILES string of the molecule is Cc1cccc(C2C(C)CCN2C(=O)Cn2nc(C3CC3)cc2C(F)(F)F)c1. The van der Waals surface area contributed by atoms with Crippen LogP contribution < -0.4 is 0 Å². The van der Waals surface area contributed by atoms with Gasteiger partial charge in [0.25, 0.3) is 0 Å². The standard InChI is InChI=1S/C21H24F3N3O/c1-13-4-3-5-16(10-13)20-14(2)8-9-26(20)19(28)12-27-18(21(22,23)24)11-17(25-27)15-6-7-15/h3-5,10-11,14-15,20H,6-9,12H2,1-2H3. The van der Waals surface area contributed by atoms with Gasteiger partial charge in [0, 0.05) is 12.5 Å². The normalized spacial score (nSPS) is 22.7. The molecule has 1 aliphatic heterocycles. The number of carbonyl (C=O) groups excluding carboxylic acids is 1. The molecule has 4 nitrogen and oxygen atoms in total. The Morgan fingerprint density at radius 1 is 1.21 bits per heavy atom. The predicted octanol–water partition coefficient (Wildman–Crippen LogP) is 4.70. The number of aryl methyl sites for hydroxylation is 1. The molecule has 0 N–H and O–H groups in total. The molecule has 7 heteroatoms. The van der Waals surface area contributed by atoms with Gasteiger partial charge in [-0.15, -0.1) is 0 Å². The summed E-state index contributed by atoms with van der Waals surface area (Å²) in [6.07, 6.45) is -1.96. The highest BCUT2D eigenvalue weighted by Crippen LogP contribution is 2.42. The molecular weight excluding hydrogens is 367 g/mol. The van der Waals surface area contributed by atoms with Gasteiger partial charge in [0.2, 0.25) is 5.91 Å². The quantitative estimate of drug-likeness (QED) is 0.758. The van der Waals surface area contributed by atoms with Crippen molar-refractivity contribution in [2.45, 2.75) is 57.8 Å². The molecule has 2 fully saturated rings. The number of amides is 1. The van der Waals surface area contributed by atoms with Crippen LogP contribution in [0.5, 0.6) is 0 Å². The first-order valence-corrected chi connectivity index (χ1v) is 9.75. The Labute approximate surface area is 162 Å². The van der Waals surface area contributed by atoms with E-state index in [-0.39, 0.29) is 30.3 Å². The van der Waals surface area contributed by atoms with E-state index >= 15 is 0 Å². The van der Waals surface area contributed by atoms with Gasteiger partial charge in [-0.2, -0.15) is 18.3 Å². The van der Waals surface area contributed by atoms with E-state index in [1.54, 1.807) is 4.90 Å². The minimum Gasteiger partial charge on any atom is -0.334 e. The molecule has 2 aromatic rings. The highest BCUT2D eigenvalue weighted by atomic mass is 19.4. The number of alkyl halides is 3. The van der Waals surface area contributed by atoms with Crippen molar-refractivity contribution < 1.29 is 18.0 Å². The smallest absolute Gasteiger partial charge is 0.334 e. The predicted molar refractivity (Wildman–Crippen MR) is 98.6 cm³/mol. The maximum absolute atomic E-state index is 13.4. The van der Waals surface area contributed by atoms with Crippen molar-refractivity contribution in [2.75, 3.05) is 6.54 Å². The van der Waals surface area contributed by atoms with Crippen molar-refractivity contribution in [3.05, 3.63) is 52.8 Å². The molecule has 0 radical (unpaired) electrons. The highest BCUT2D eigenvalue weighted by Gasteiger charge is 2.40. The summed E-state index contributed by atoms with van der Waals surface area (Å²) < 4.78 is 41.2. The number of halogens is 3. The number of carbonyl (C=O) groups is 1. The monoisotopic (exact) mass is 391 g/mol. The van der Waals surface area contributed by atoms with E-state index in [9.17, 15) is 18.0 Å². The van der Waals surface area contributed by atoms with Crippen molar-refractivity contribution in [2.24, 2.45) is 5.92 Å². The Hall–Kier alpha value is -2.31. The number of hydrogen-bond donors (Lipinski definition) is 0. The number of benzene rings is 1. The molecular formula is C21H24F3N3O. The van der Waals surface area contributed by atoms with E-state index in [0.717, 1.165) is 41.1 Å². The zero-order valence-corrected chi connectivity index (χ0v) is 16.0. The van der Waals surface area contributed by atoms with E-state index in [1.165, 1.54) is 0 Å². The van der Waals surface area contributed by atoms with E-state index in [1.807, 2.05) is 31.2 Å².